The molecule has 0 saturated carbocycles. The quantitative estimate of drug-likeness (QED) is 0.556. The van der Waals surface area contributed by atoms with E-state index in [1.807, 2.05) is 19.9 Å². The van der Waals surface area contributed by atoms with Crippen LogP contribution in [0.5, 0.6) is 0 Å². The van der Waals surface area contributed by atoms with Crippen molar-refractivity contribution in [2.24, 2.45) is 0 Å². The Hall–Kier alpha value is -3.20. The maximum absolute atomic E-state index is 13.9. The van der Waals surface area contributed by atoms with Gasteiger partial charge < -0.3 is 5.11 Å². The van der Waals surface area contributed by atoms with Crippen LogP contribution < -0.4 is 0 Å². The summed E-state index contributed by atoms with van der Waals surface area (Å²) in [5.41, 5.74) is 3.02. The van der Waals surface area contributed by atoms with Crippen molar-refractivity contribution in [3.05, 3.63) is 59.6 Å². The number of fused-ring (bicyclic) bond motifs is 1. The predicted molar refractivity (Wildman–Crippen MR) is 111 cm³/mol. The van der Waals surface area contributed by atoms with Crippen LogP contribution in [0, 0.1) is 12.7 Å². The summed E-state index contributed by atoms with van der Waals surface area (Å²) in [5, 5.41) is 25.2. The first kappa shape index (κ1) is 21.5. The summed E-state index contributed by atoms with van der Waals surface area (Å²) in [6.07, 6.45) is 1.44. The first-order valence-electron chi connectivity index (χ1n) is 9.72. The number of rotatable bonds is 3. The third kappa shape index (κ3) is 4.35. The molecule has 0 amide bonds. The fourth-order valence-electron chi connectivity index (χ4n) is 3.16. The lowest BCUT2D eigenvalue weighted by molar-refractivity contribution is 0.263. The summed E-state index contributed by atoms with van der Waals surface area (Å²) in [5.74, 6) is 0.718. The van der Waals surface area contributed by atoms with E-state index in [9.17, 15) is 4.39 Å². The van der Waals surface area contributed by atoms with E-state index in [-0.39, 0.29) is 17.8 Å². The zero-order valence-corrected chi connectivity index (χ0v) is 17.8. The molecule has 0 atom stereocenters. The molecule has 0 aliphatic rings. The maximum Gasteiger partial charge on any atom is 0.188 e. The van der Waals surface area contributed by atoms with Gasteiger partial charge in [-0.2, -0.15) is 14.7 Å². The van der Waals surface area contributed by atoms with Gasteiger partial charge in [0, 0.05) is 6.54 Å². The monoisotopic (exact) mass is 411 g/mol. The molecule has 1 aromatic carbocycles. The SMILES string of the molecule is CCn1ncnc1CO.Cc1nn2c(-c3ccccc3F)nnc2cc1C(C)(C)C. The highest BCUT2D eigenvalue weighted by molar-refractivity contribution is 5.60. The molecule has 0 aliphatic carbocycles. The van der Waals surface area contributed by atoms with Gasteiger partial charge in [0.2, 0.25) is 0 Å². The number of aryl methyl sites for hydroxylation is 2. The standard InChI is InChI=1S/C16H17FN4.C5H9N3O/c1-10-12(16(2,3)4)9-14-18-19-15(21(14)20-10)11-7-5-6-8-13(11)17;1-2-8-5(3-9)6-4-7-8/h5-9H,1-4H3;4,9H,2-3H2,1H3. The maximum atomic E-state index is 13.9. The predicted octanol–water partition coefficient (Wildman–Crippen LogP) is 3.33. The lowest BCUT2D eigenvalue weighted by Crippen LogP contribution is -2.15. The molecule has 0 radical (unpaired) electrons. The van der Waals surface area contributed by atoms with Crippen LogP contribution in [0.1, 0.15) is 44.8 Å². The van der Waals surface area contributed by atoms with Crippen molar-refractivity contribution in [3.63, 3.8) is 0 Å². The number of aromatic nitrogens is 7. The first-order valence-corrected chi connectivity index (χ1v) is 9.72. The Labute approximate surface area is 174 Å². The van der Waals surface area contributed by atoms with Gasteiger partial charge in [0.1, 0.15) is 18.8 Å². The van der Waals surface area contributed by atoms with E-state index in [4.69, 9.17) is 5.11 Å². The molecule has 0 spiro atoms. The van der Waals surface area contributed by atoms with Crippen LogP contribution in [0.2, 0.25) is 0 Å². The first-order chi connectivity index (χ1) is 14.3. The van der Waals surface area contributed by atoms with Crippen molar-refractivity contribution in [1.29, 1.82) is 0 Å². The van der Waals surface area contributed by atoms with Gasteiger partial charge in [0.25, 0.3) is 0 Å². The second kappa shape index (κ2) is 8.66. The third-order valence-corrected chi connectivity index (χ3v) is 4.64. The minimum atomic E-state index is -0.328. The fourth-order valence-corrected chi connectivity index (χ4v) is 3.16. The van der Waals surface area contributed by atoms with Crippen molar-refractivity contribution in [2.45, 2.75) is 53.2 Å². The zero-order chi connectivity index (χ0) is 21.9. The van der Waals surface area contributed by atoms with Crippen LogP contribution in [0.4, 0.5) is 4.39 Å². The van der Waals surface area contributed by atoms with E-state index >= 15 is 0 Å². The summed E-state index contributed by atoms with van der Waals surface area (Å²) in [4.78, 5) is 3.81. The largest absolute Gasteiger partial charge is 0.388 e. The van der Waals surface area contributed by atoms with Gasteiger partial charge in [-0.3, -0.25) is 0 Å². The molecule has 158 valence electrons. The minimum absolute atomic E-state index is 0.0249. The van der Waals surface area contributed by atoms with Gasteiger partial charge in [-0.1, -0.05) is 32.9 Å². The van der Waals surface area contributed by atoms with E-state index in [0.29, 0.717) is 22.9 Å². The Morgan fingerprint density at radius 3 is 2.47 bits per heavy atom. The number of benzene rings is 1. The van der Waals surface area contributed by atoms with Crippen molar-refractivity contribution in [2.75, 3.05) is 0 Å². The van der Waals surface area contributed by atoms with Crippen molar-refractivity contribution < 1.29 is 9.50 Å². The van der Waals surface area contributed by atoms with Gasteiger partial charge >= 0.3 is 0 Å². The van der Waals surface area contributed by atoms with Crippen LogP contribution in [-0.4, -0.2) is 39.7 Å². The van der Waals surface area contributed by atoms with E-state index in [1.54, 1.807) is 27.4 Å². The van der Waals surface area contributed by atoms with Crippen molar-refractivity contribution in [1.82, 2.24) is 34.6 Å². The van der Waals surface area contributed by atoms with Crippen molar-refractivity contribution in [3.8, 4) is 11.4 Å². The fraction of sp³-hybridized carbons (Fsp3) is 0.381. The highest BCUT2D eigenvalue weighted by Gasteiger charge is 2.21. The highest BCUT2D eigenvalue weighted by atomic mass is 19.1. The Kier molecular flexibility index (Phi) is 6.21. The van der Waals surface area contributed by atoms with Gasteiger partial charge in [0.15, 0.2) is 17.3 Å². The Bertz CT molecular complexity index is 1130. The molecule has 9 heteroatoms. The summed E-state index contributed by atoms with van der Waals surface area (Å²) in [6.45, 7) is 11.0. The van der Waals surface area contributed by atoms with Gasteiger partial charge in [-0.05, 0) is 43.0 Å². The number of aliphatic hydroxyl groups excluding tert-OH is 1. The number of halogens is 1. The Morgan fingerprint density at radius 1 is 1.13 bits per heavy atom. The molecule has 0 bridgehead atoms. The summed E-state index contributed by atoms with van der Waals surface area (Å²) < 4.78 is 17.2. The molecule has 0 aliphatic heterocycles. The molecule has 0 saturated heterocycles. The lowest BCUT2D eigenvalue weighted by atomic mass is 9.86. The lowest BCUT2D eigenvalue weighted by Gasteiger charge is -2.20. The van der Waals surface area contributed by atoms with Crippen molar-refractivity contribution >= 4 is 5.65 Å². The van der Waals surface area contributed by atoms with Gasteiger partial charge in [-0.25, -0.2) is 14.1 Å². The number of aliphatic hydroxyl groups is 1. The molecule has 3 heterocycles. The second-order valence-corrected chi connectivity index (χ2v) is 7.82. The third-order valence-electron chi connectivity index (χ3n) is 4.64. The topological polar surface area (TPSA) is 94.0 Å². The molecule has 0 fully saturated rings. The van der Waals surface area contributed by atoms with E-state index in [2.05, 4.69) is 46.1 Å². The highest BCUT2D eigenvalue weighted by Crippen LogP contribution is 2.27. The zero-order valence-electron chi connectivity index (χ0n) is 17.8. The molecule has 3 aromatic heterocycles. The number of hydrogen-bond donors (Lipinski definition) is 1. The van der Waals surface area contributed by atoms with Gasteiger partial charge in [-0.15, -0.1) is 10.2 Å². The molecular weight excluding hydrogens is 385 g/mol. The molecule has 4 aromatic rings. The Balaban J connectivity index is 0.000000239. The molecule has 4 rings (SSSR count). The number of hydrogen-bond acceptors (Lipinski definition) is 6. The molecule has 30 heavy (non-hydrogen) atoms. The van der Waals surface area contributed by atoms with Crippen LogP contribution in [0.15, 0.2) is 36.7 Å². The smallest absolute Gasteiger partial charge is 0.188 e. The van der Waals surface area contributed by atoms with Crippen LogP contribution in [0.25, 0.3) is 17.0 Å². The number of nitrogens with zero attached hydrogens (tertiary/aromatic N) is 7. The normalized spacial score (nSPS) is 11.4. The van der Waals surface area contributed by atoms with Gasteiger partial charge in [0.05, 0.1) is 11.3 Å². The van der Waals surface area contributed by atoms with Crippen LogP contribution in [0.3, 0.4) is 0 Å². The summed E-state index contributed by atoms with van der Waals surface area (Å²) in [6, 6.07) is 8.49. The molecule has 8 nitrogen and oxygen atoms in total. The van der Waals surface area contributed by atoms with Crippen LogP contribution >= 0.6 is 0 Å². The van der Waals surface area contributed by atoms with E-state index in [0.717, 1.165) is 17.8 Å². The van der Waals surface area contributed by atoms with E-state index in [1.165, 1.54) is 12.4 Å². The van der Waals surface area contributed by atoms with Crippen LogP contribution in [-0.2, 0) is 18.6 Å². The molecular formula is C21H26FN7O. The summed E-state index contributed by atoms with van der Waals surface area (Å²) in [7, 11) is 0. The molecule has 0 unspecified atom stereocenters. The Morgan fingerprint density at radius 2 is 1.87 bits per heavy atom. The average Bonchev–Trinajstić information content (AvgIpc) is 3.33. The summed E-state index contributed by atoms with van der Waals surface area (Å²) >= 11 is 0. The van der Waals surface area contributed by atoms with E-state index < -0.39 is 0 Å². The molecule has 1 N–H and O–H groups in total. The minimum Gasteiger partial charge on any atom is -0.388 e. The second-order valence-electron chi connectivity index (χ2n) is 7.82. The average molecular weight is 411 g/mol.